The second-order valence-corrected chi connectivity index (χ2v) is 12.0. The first-order valence-corrected chi connectivity index (χ1v) is 15.5. The van der Waals surface area contributed by atoms with Crippen LogP contribution in [0.15, 0.2) is 88.5 Å². The number of hydrogen-bond donors (Lipinski definition) is 4. The highest BCUT2D eigenvalue weighted by atomic mass is 19.1. The Hall–Kier alpha value is -5.78. The molecule has 0 saturated heterocycles. The van der Waals surface area contributed by atoms with Crippen molar-refractivity contribution >= 4 is 28.6 Å². The molecule has 7 rings (SSSR count). The standard InChI is InChI=1S/C35H33FN8O3/c1-20-29(21(2)44(42-20)26-9-4-3-5-10-26)39-34(46)37-25-16-14-23(15-17-25)27(18-24-8-6-7-11-28(24)36)31-38-30-32(40-31)43(19-22-12-13-22)35(47)41-33(30)45/h3-11,14-17,22,27H,12-13,18-19H2,1-2H3,(H,38,40)(H2,37,39,46)(H,41,45,47). The van der Waals surface area contributed by atoms with Crippen LogP contribution in [0.1, 0.15) is 47.1 Å². The number of rotatable bonds is 9. The number of H-pyrrole nitrogens is 2. The summed E-state index contributed by atoms with van der Waals surface area (Å²) in [6.45, 7) is 4.21. The Labute approximate surface area is 268 Å². The number of benzene rings is 3. The van der Waals surface area contributed by atoms with Crippen molar-refractivity contribution in [1.29, 1.82) is 0 Å². The molecule has 4 N–H and O–H groups in total. The fraction of sp³-hybridized carbons (Fsp3) is 0.229. The van der Waals surface area contributed by atoms with Crippen LogP contribution in [0.2, 0.25) is 0 Å². The van der Waals surface area contributed by atoms with Gasteiger partial charge in [0, 0.05) is 18.2 Å². The summed E-state index contributed by atoms with van der Waals surface area (Å²) in [5.41, 5.74) is 4.23. The van der Waals surface area contributed by atoms with E-state index in [1.807, 2.05) is 56.3 Å². The van der Waals surface area contributed by atoms with Gasteiger partial charge in [0.25, 0.3) is 5.56 Å². The van der Waals surface area contributed by atoms with Crippen LogP contribution in [0.3, 0.4) is 0 Å². The molecule has 3 heterocycles. The number of carbonyl (C=O) groups is 1. The average Bonchev–Trinajstić information content (AvgIpc) is 3.71. The first-order valence-electron chi connectivity index (χ1n) is 15.5. The van der Waals surface area contributed by atoms with Crippen molar-refractivity contribution in [2.75, 3.05) is 10.6 Å². The number of anilines is 2. The van der Waals surface area contributed by atoms with Gasteiger partial charge in [-0.25, -0.2) is 23.6 Å². The number of nitrogens with one attached hydrogen (secondary N) is 4. The molecular weight excluding hydrogens is 599 g/mol. The van der Waals surface area contributed by atoms with E-state index >= 15 is 0 Å². The van der Waals surface area contributed by atoms with E-state index in [1.54, 1.807) is 35.0 Å². The largest absolute Gasteiger partial charge is 0.336 e. The number of aromatic amines is 2. The zero-order chi connectivity index (χ0) is 32.7. The maximum atomic E-state index is 14.9. The van der Waals surface area contributed by atoms with Crippen LogP contribution < -0.4 is 21.9 Å². The van der Waals surface area contributed by atoms with Gasteiger partial charge in [-0.3, -0.25) is 14.3 Å². The lowest BCUT2D eigenvalue weighted by atomic mass is 9.91. The third kappa shape index (κ3) is 6.09. The molecule has 3 aromatic carbocycles. The number of amides is 2. The number of nitrogens with zero attached hydrogens (tertiary/aromatic N) is 4. The van der Waals surface area contributed by atoms with Gasteiger partial charge in [0.15, 0.2) is 5.65 Å². The molecule has 0 aliphatic heterocycles. The van der Waals surface area contributed by atoms with Crippen molar-refractivity contribution in [2.45, 2.75) is 45.6 Å². The van der Waals surface area contributed by atoms with Gasteiger partial charge in [0.05, 0.1) is 22.8 Å². The van der Waals surface area contributed by atoms with E-state index in [-0.39, 0.29) is 23.4 Å². The average molecular weight is 633 g/mol. The quantitative estimate of drug-likeness (QED) is 0.160. The summed E-state index contributed by atoms with van der Waals surface area (Å²) in [5, 5.41) is 10.4. The number of carbonyl (C=O) groups excluding carboxylic acids is 1. The zero-order valence-corrected chi connectivity index (χ0v) is 25.9. The molecule has 1 fully saturated rings. The van der Waals surface area contributed by atoms with Crippen LogP contribution in [0, 0.1) is 25.6 Å². The van der Waals surface area contributed by atoms with E-state index in [9.17, 15) is 18.8 Å². The van der Waals surface area contributed by atoms with Gasteiger partial charge in [-0.2, -0.15) is 5.10 Å². The molecule has 0 spiro atoms. The second-order valence-electron chi connectivity index (χ2n) is 12.0. The molecule has 47 heavy (non-hydrogen) atoms. The lowest BCUT2D eigenvalue weighted by Gasteiger charge is -2.17. The SMILES string of the molecule is Cc1nn(-c2ccccc2)c(C)c1NC(=O)Nc1ccc(C(Cc2ccccc2F)c2nc3c([nH]2)c(=O)[nH]c(=O)n3CC2CC2)cc1. The Morgan fingerprint density at radius 3 is 2.40 bits per heavy atom. The molecule has 2 amide bonds. The summed E-state index contributed by atoms with van der Waals surface area (Å²) >= 11 is 0. The molecule has 1 unspecified atom stereocenters. The summed E-state index contributed by atoms with van der Waals surface area (Å²) < 4.78 is 18.2. The van der Waals surface area contributed by atoms with Crippen LogP contribution in [0.25, 0.3) is 16.9 Å². The highest BCUT2D eigenvalue weighted by Crippen LogP contribution is 2.32. The number of imidazole rings is 1. The lowest BCUT2D eigenvalue weighted by molar-refractivity contribution is 0.262. The summed E-state index contributed by atoms with van der Waals surface area (Å²) in [5.74, 6) is -0.0292. The molecule has 1 aliphatic rings. The van der Waals surface area contributed by atoms with Gasteiger partial charge in [0.2, 0.25) is 0 Å². The number of hydrogen-bond acceptors (Lipinski definition) is 5. The van der Waals surface area contributed by atoms with Crippen molar-refractivity contribution < 1.29 is 9.18 Å². The van der Waals surface area contributed by atoms with E-state index < -0.39 is 23.2 Å². The fourth-order valence-corrected chi connectivity index (χ4v) is 5.93. The van der Waals surface area contributed by atoms with E-state index in [0.29, 0.717) is 40.9 Å². The van der Waals surface area contributed by atoms with E-state index in [2.05, 4.69) is 25.7 Å². The monoisotopic (exact) mass is 632 g/mol. The maximum absolute atomic E-state index is 14.9. The summed E-state index contributed by atoms with van der Waals surface area (Å²) in [6, 6.07) is 23.0. The molecule has 1 atom stereocenters. The fourth-order valence-electron chi connectivity index (χ4n) is 5.93. The zero-order valence-electron chi connectivity index (χ0n) is 25.9. The molecule has 1 aliphatic carbocycles. The number of aryl methyl sites for hydroxylation is 1. The molecule has 0 radical (unpaired) electrons. The first-order chi connectivity index (χ1) is 22.7. The van der Waals surface area contributed by atoms with Crippen LogP contribution in [-0.4, -0.2) is 35.3 Å². The normalized spacial score (nSPS) is 13.5. The van der Waals surface area contributed by atoms with Crippen LogP contribution in [0.4, 0.5) is 20.6 Å². The highest BCUT2D eigenvalue weighted by Gasteiger charge is 2.27. The Morgan fingerprint density at radius 2 is 1.68 bits per heavy atom. The Morgan fingerprint density at radius 1 is 0.957 bits per heavy atom. The van der Waals surface area contributed by atoms with Crippen molar-refractivity contribution in [2.24, 2.45) is 5.92 Å². The summed E-state index contributed by atoms with van der Waals surface area (Å²) in [6.07, 6.45) is 2.29. The van der Waals surface area contributed by atoms with Crippen LogP contribution in [0.5, 0.6) is 0 Å². The Balaban J connectivity index is 1.16. The van der Waals surface area contributed by atoms with Gasteiger partial charge in [0.1, 0.15) is 17.2 Å². The predicted octanol–water partition coefficient (Wildman–Crippen LogP) is 5.78. The van der Waals surface area contributed by atoms with Crippen molar-refractivity contribution in [1.82, 2.24) is 29.3 Å². The predicted molar refractivity (Wildman–Crippen MR) is 178 cm³/mol. The number of aromatic nitrogens is 6. The minimum Gasteiger partial charge on any atom is -0.336 e. The molecular formula is C35H33FN8O3. The minimum atomic E-state index is -0.550. The lowest BCUT2D eigenvalue weighted by Crippen LogP contribution is -2.30. The molecule has 238 valence electrons. The van der Waals surface area contributed by atoms with E-state index in [0.717, 1.165) is 29.8 Å². The van der Waals surface area contributed by atoms with E-state index in [1.165, 1.54) is 10.6 Å². The Kier molecular flexibility index (Phi) is 7.76. The molecule has 1 saturated carbocycles. The summed E-state index contributed by atoms with van der Waals surface area (Å²) in [4.78, 5) is 48.8. The Bertz CT molecular complexity index is 2210. The first kappa shape index (κ1) is 29.9. The second kappa shape index (κ2) is 12.2. The van der Waals surface area contributed by atoms with Crippen molar-refractivity contribution in [3.63, 3.8) is 0 Å². The smallest absolute Gasteiger partial charge is 0.330 e. The van der Waals surface area contributed by atoms with Gasteiger partial charge >= 0.3 is 11.7 Å². The minimum absolute atomic E-state index is 0.204. The molecule has 12 heteroatoms. The highest BCUT2D eigenvalue weighted by molar-refractivity contribution is 6.00. The number of fused-ring (bicyclic) bond motifs is 1. The van der Waals surface area contributed by atoms with E-state index in [4.69, 9.17) is 4.98 Å². The number of para-hydroxylation sites is 1. The van der Waals surface area contributed by atoms with Gasteiger partial charge in [-0.1, -0.05) is 48.5 Å². The summed E-state index contributed by atoms with van der Waals surface area (Å²) in [7, 11) is 0. The third-order valence-electron chi connectivity index (χ3n) is 8.60. The molecule has 3 aromatic heterocycles. The van der Waals surface area contributed by atoms with Crippen molar-refractivity contribution in [3.05, 3.63) is 134 Å². The van der Waals surface area contributed by atoms with Gasteiger partial charge in [-0.15, -0.1) is 0 Å². The van der Waals surface area contributed by atoms with Crippen molar-refractivity contribution in [3.8, 4) is 5.69 Å². The molecule has 6 aromatic rings. The van der Waals surface area contributed by atoms with Crippen LogP contribution >= 0.6 is 0 Å². The third-order valence-corrected chi connectivity index (χ3v) is 8.60. The molecule has 11 nitrogen and oxygen atoms in total. The topological polar surface area (TPSA) is 142 Å². The maximum Gasteiger partial charge on any atom is 0.330 e. The van der Waals surface area contributed by atoms with Gasteiger partial charge < -0.3 is 15.6 Å². The van der Waals surface area contributed by atoms with Gasteiger partial charge in [-0.05, 0) is 80.5 Å². The number of urea groups is 1. The number of halogens is 1. The van der Waals surface area contributed by atoms with Crippen LogP contribution in [-0.2, 0) is 13.0 Å². The molecule has 0 bridgehead atoms.